The number of amides is 1. The Hall–Kier alpha value is -1.15. The summed E-state index contributed by atoms with van der Waals surface area (Å²) in [6.07, 6.45) is 3.98. The SMILES string of the molecule is NCCCCCCC(=O)N(CC(=O)O)C1CCS(=O)(=O)C1. The van der Waals surface area contributed by atoms with Crippen LogP contribution in [0.3, 0.4) is 0 Å². The standard InChI is InChI=1S/C13H24N2O5S/c14-7-4-2-1-3-5-12(16)15(9-13(17)18)11-6-8-21(19,20)10-11/h11H,1-10,14H2,(H,17,18). The van der Waals surface area contributed by atoms with E-state index in [1.54, 1.807) is 0 Å². The van der Waals surface area contributed by atoms with Crippen molar-refractivity contribution in [1.82, 2.24) is 4.90 Å². The topological polar surface area (TPSA) is 118 Å². The maximum Gasteiger partial charge on any atom is 0.323 e. The maximum atomic E-state index is 12.2. The molecule has 7 nitrogen and oxygen atoms in total. The fourth-order valence-electron chi connectivity index (χ4n) is 2.51. The molecule has 0 aromatic rings. The Kier molecular flexibility index (Phi) is 7.10. The van der Waals surface area contributed by atoms with Crippen molar-refractivity contribution >= 4 is 21.7 Å². The van der Waals surface area contributed by atoms with Gasteiger partial charge >= 0.3 is 5.97 Å². The smallest absolute Gasteiger partial charge is 0.323 e. The summed E-state index contributed by atoms with van der Waals surface area (Å²) in [5.74, 6) is -1.49. The van der Waals surface area contributed by atoms with Crippen LogP contribution < -0.4 is 5.73 Å². The van der Waals surface area contributed by atoms with Crippen LogP contribution in [0.25, 0.3) is 0 Å². The van der Waals surface area contributed by atoms with E-state index in [0.717, 1.165) is 19.3 Å². The number of carboxylic acids is 1. The lowest BCUT2D eigenvalue weighted by molar-refractivity contribution is -0.146. The molecular formula is C13H24N2O5S. The van der Waals surface area contributed by atoms with Gasteiger partial charge in [-0.15, -0.1) is 0 Å². The van der Waals surface area contributed by atoms with E-state index in [9.17, 15) is 18.0 Å². The zero-order chi connectivity index (χ0) is 15.9. The van der Waals surface area contributed by atoms with E-state index in [1.807, 2.05) is 0 Å². The van der Waals surface area contributed by atoms with Crippen molar-refractivity contribution in [2.24, 2.45) is 5.73 Å². The molecule has 1 atom stereocenters. The summed E-state index contributed by atoms with van der Waals surface area (Å²) in [7, 11) is -3.14. The van der Waals surface area contributed by atoms with Crippen LogP contribution in [-0.4, -0.2) is 60.9 Å². The van der Waals surface area contributed by atoms with E-state index in [2.05, 4.69) is 0 Å². The Morgan fingerprint density at radius 1 is 1.19 bits per heavy atom. The van der Waals surface area contributed by atoms with Gasteiger partial charge in [-0.25, -0.2) is 8.42 Å². The minimum Gasteiger partial charge on any atom is -0.480 e. The van der Waals surface area contributed by atoms with Gasteiger partial charge < -0.3 is 15.7 Å². The van der Waals surface area contributed by atoms with Gasteiger partial charge in [-0.1, -0.05) is 12.8 Å². The number of carbonyl (C=O) groups is 2. The molecule has 0 aromatic heterocycles. The van der Waals surface area contributed by atoms with Crippen molar-refractivity contribution in [1.29, 1.82) is 0 Å². The number of nitrogens with zero attached hydrogens (tertiary/aromatic N) is 1. The molecule has 122 valence electrons. The lowest BCUT2D eigenvalue weighted by Crippen LogP contribution is -2.44. The van der Waals surface area contributed by atoms with Crippen LogP contribution in [0.4, 0.5) is 0 Å². The van der Waals surface area contributed by atoms with Crippen molar-refractivity contribution in [3.63, 3.8) is 0 Å². The number of carboxylic acid groups (broad SMARTS) is 1. The molecule has 0 spiro atoms. The summed E-state index contributed by atoms with van der Waals surface area (Å²) in [5.41, 5.74) is 5.38. The number of carbonyl (C=O) groups excluding carboxylic acids is 1. The summed E-state index contributed by atoms with van der Waals surface area (Å²) < 4.78 is 23.0. The average molecular weight is 320 g/mol. The molecular weight excluding hydrogens is 296 g/mol. The van der Waals surface area contributed by atoms with Crippen molar-refractivity contribution in [3.8, 4) is 0 Å². The highest BCUT2D eigenvalue weighted by molar-refractivity contribution is 7.91. The molecule has 1 amide bonds. The van der Waals surface area contributed by atoms with Crippen molar-refractivity contribution in [2.75, 3.05) is 24.6 Å². The van der Waals surface area contributed by atoms with Crippen LogP contribution >= 0.6 is 0 Å². The third kappa shape index (κ3) is 6.43. The Bertz CT molecular complexity index is 463. The molecule has 1 unspecified atom stereocenters. The van der Waals surface area contributed by atoms with Crippen molar-refractivity contribution in [3.05, 3.63) is 0 Å². The van der Waals surface area contributed by atoms with Crippen LogP contribution in [0, 0.1) is 0 Å². The van der Waals surface area contributed by atoms with Crippen LogP contribution in [0.5, 0.6) is 0 Å². The summed E-state index contributed by atoms with van der Waals surface area (Å²) >= 11 is 0. The van der Waals surface area contributed by atoms with E-state index in [-0.39, 0.29) is 23.8 Å². The molecule has 1 saturated heterocycles. The Morgan fingerprint density at radius 2 is 1.86 bits per heavy atom. The maximum absolute atomic E-state index is 12.2. The van der Waals surface area contributed by atoms with Gasteiger partial charge in [0.05, 0.1) is 11.5 Å². The second-order valence-corrected chi connectivity index (χ2v) is 7.65. The first kappa shape index (κ1) is 17.9. The highest BCUT2D eigenvalue weighted by Gasteiger charge is 2.35. The monoisotopic (exact) mass is 320 g/mol. The van der Waals surface area contributed by atoms with E-state index in [1.165, 1.54) is 4.90 Å². The normalized spacial score (nSPS) is 20.3. The zero-order valence-electron chi connectivity index (χ0n) is 12.2. The first-order chi connectivity index (χ1) is 9.85. The number of aliphatic carboxylic acids is 1. The summed E-state index contributed by atoms with van der Waals surface area (Å²) in [4.78, 5) is 24.3. The first-order valence-electron chi connectivity index (χ1n) is 7.27. The zero-order valence-corrected chi connectivity index (χ0v) is 13.0. The second-order valence-electron chi connectivity index (χ2n) is 5.43. The predicted octanol–water partition coefficient (Wildman–Crippen LogP) is -0.00410. The minimum atomic E-state index is -3.14. The highest BCUT2D eigenvalue weighted by Crippen LogP contribution is 2.19. The average Bonchev–Trinajstić information content (AvgIpc) is 2.75. The number of unbranched alkanes of at least 4 members (excludes halogenated alkanes) is 3. The van der Waals surface area contributed by atoms with Crippen LogP contribution in [0.15, 0.2) is 0 Å². The van der Waals surface area contributed by atoms with Crippen LogP contribution in [-0.2, 0) is 19.4 Å². The van der Waals surface area contributed by atoms with Gasteiger partial charge in [0.2, 0.25) is 5.91 Å². The van der Waals surface area contributed by atoms with Gasteiger partial charge in [0.1, 0.15) is 6.54 Å². The molecule has 1 aliphatic heterocycles. The van der Waals surface area contributed by atoms with Gasteiger partial charge in [-0.05, 0) is 25.8 Å². The first-order valence-corrected chi connectivity index (χ1v) is 9.09. The summed E-state index contributed by atoms with van der Waals surface area (Å²) in [6, 6.07) is -0.498. The summed E-state index contributed by atoms with van der Waals surface area (Å²) in [6.45, 7) is 0.195. The van der Waals surface area contributed by atoms with Crippen molar-refractivity contribution < 1.29 is 23.1 Å². The van der Waals surface area contributed by atoms with Gasteiger partial charge in [-0.2, -0.15) is 0 Å². The van der Waals surface area contributed by atoms with Crippen LogP contribution in [0.2, 0.25) is 0 Å². The lowest BCUT2D eigenvalue weighted by Gasteiger charge is -2.26. The Balaban J connectivity index is 2.53. The number of rotatable bonds is 9. The molecule has 0 bridgehead atoms. The molecule has 21 heavy (non-hydrogen) atoms. The molecule has 1 aliphatic rings. The van der Waals surface area contributed by atoms with Gasteiger partial charge in [0, 0.05) is 12.5 Å². The largest absolute Gasteiger partial charge is 0.480 e. The second kappa shape index (κ2) is 8.33. The minimum absolute atomic E-state index is 0.0254. The lowest BCUT2D eigenvalue weighted by atomic mass is 10.1. The van der Waals surface area contributed by atoms with Gasteiger partial charge in [-0.3, -0.25) is 9.59 Å². The van der Waals surface area contributed by atoms with E-state index >= 15 is 0 Å². The molecule has 1 rings (SSSR count). The van der Waals surface area contributed by atoms with E-state index in [0.29, 0.717) is 19.4 Å². The predicted molar refractivity (Wildman–Crippen MR) is 78.5 cm³/mol. The Morgan fingerprint density at radius 3 is 2.38 bits per heavy atom. The van der Waals surface area contributed by atoms with Crippen molar-refractivity contribution in [2.45, 2.75) is 44.6 Å². The fourth-order valence-corrected chi connectivity index (χ4v) is 4.24. The summed E-state index contributed by atoms with van der Waals surface area (Å²) in [5, 5.41) is 8.91. The van der Waals surface area contributed by atoms with E-state index in [4.69, 9.17) is 10.8 Å². The molecule has 0 aliphatic carbocycles. The number of sulfone groups is 1. The third-order valence-corrected chi connectivity index (χ3v) is 5.37. The molecule has 8 heteroatoms. The molecule has 0 radical (unpaired) electrons. The number of nitrogens with two attached hydrogens (primary N) is 1. The molecule has 3 N–H and O–H groups in total. The fraction of sp³-hybridized carbons (Fsp3) is 0.846. The van der Waals surface area contributed by atoms with Gasteiger partial charge in [0.15, 0.2) is 9.84 Å². The quantitative estimate of drug-likeness (QED) is 0.577. The number of hydrogen-bond donors (Lipinski definition) is 2. The highest BCUT2D eigenvalue weighted by atomic mass is 32.2. The molecule has 0 aromatic carbocycles. The molecule has 0 saturated carbocycles. The Labute approximate surface area is 125 Å². The van der Waals surface area contributed by atoms with E-state index < -0.39 is 28.4 Å². The van der Waals surface area contributed by atoms with Crippen LogP contribution in [0.1, 0.15) is 38.5 Å². The molecule has 1 fully saturated rings. The third-order valence-electron chi connectivity index (χ3n) is 3.62. The molecule has 1 heterocycles. The van der Waals surface area contributed by atoms with Gasteiger partial charge in [0.25, 0.3) is 0 Å². The number of hydrogen-bond acceptors (Lipinski definition) is 5.